The van der Waals surface area contributed by atoms with Gasteiger partial charge in [0.1, 0.15) is 0 Å². The summed E-state index contributed by atoms with van der Waals surface area (Å²) in [4.78, 5) is 38.2. The van der Waals surface area contributed by atoms with Crippen molar-refractivity contribution in [2.24, 2.45) is 0 Å². The Kier molecular flexibility index (Phi) is 5.70. The van der Waals surface area contributed by atoms with Crippen LogP contribution in [0.2, 0.25) is 10.0 Å². The number of urea groups is 1. The van der Waals surface area contributed by atoms with Gasteiger partial charge >= 0.3 is 12.2 Å². The lowest BCUT2D eigenvalue weighted by atomic mass is 10.0. The van der Waals surface area contributed by atoms with Gasteiger partial charge in [-0.3, -0.25) is 19.8 Å². The van der Waals surface area contributed by atoms with Crippen LogP contribution in [0.3, 0.4) is 0 Å². The topological polar surface area (TPSA) is 78.5 Å². The first-order valence-electron chi connectivity index (χ1n) is 8.53. The number of carbonyl (C=O) groups is 3. The van der Waals surface area contributed by atoms with Crippen LogP contribution in [0.1, 0.15) is 28.9 Å². The first-order valence-corrected chi connectivity index (χ1v) is 9.28. The van der Waals surface area contributed by atoms with E-state index in [9.17, 15) is 27.6 Å². The number of nitrogens with zero attached hydrogens (tertiary/aromatic N) is 1. The molecule has 0 unspecified atom stereocenters. The zero-order chi connectivity index (χ0) is 22.3. The quantitative estimate of drug-likeness (QED) is 0.669. The third-order valence-electron chi connectivity index (χ3n) is 4.62. The molecule has 1 aliphatic rings. The molecule has 2 N–H and O–H groups in total. The van der Waals surface area contributed by atoms with Crippen LogP contribution in [0.4, 0.5) is 18.0 Å². The summed E-state index contributed by atoms with van der Waals surface area (Å²) in [5.74, 6) is -2.97. The molecule has 0 saturated carbocycles. The minimum absolute atomic E-state index is 0.162. The molecule has 0 aliphatic carbocycles. The Morgan fingerprint density at radius 3 is 2.33 bits per heavy atom. The third-order valence-corrected chi connectivity index (χ3v) is 5.17. The van der Waals surface area contributed by atoms with Crippen LogP contribution in [0.25, 0.3) is 0 Å². The summed E-state index contributed by atoms with van der Waals surface area (Å²) in [6.07, 6.45) is -5.33. The Bertz CT molecular complexity index is 1020. The second-order valence-electron chi connectivity index (χ2n) is 6.52. The highest BCUT2D eigenvalue weighted by atomic mass is 35.5. The second kappa shape index (κ2) is 7.81. The summed E-state index contributed by atoms with van der Waals surface area (Å²) in [5, 5.41) is 3.15. The minimum Gasteiger partial charge on any atom is -0.314 e. The Morgan fingerprint density at radius 1 is 1.13 bits per heavy atom. The van der Waals surface area contributed by atoms with E-state index in [-0.39, 0.29) is 15.6 Å². The lowest BCUT2D eigenvalue weighted by Crippen LogP contribution is -2.69. The van der Waals surface area contributed by atoms with E-state index in [1.165, 1.54) is 13.0 Å². The molecule has 30 heavy (non-hydrogen) atoms. The maximum Gasteiger partial charge on any atom is 0.440 e. The minimum atomic E-state index is -5.33. The number of alkyl halides is 3. The average Bonchev–Trinajstić information content (AvgIpc) is 2.92. The number of imide groups is 1. The van der Waals surface area contributed by atoms with Gasteiger partial charge in [0.05, 0.1) is 16.6 Å². The number of carbonyl (C=O) groups excluding carboxylic acids is 3. The van der Waals surface area contributed by atoms with Gasteiger partial charge in [-0.05, 0) is 30.7 Å². The number of benzene rings is 2. The number of hydrogen-bond acceptors (Lipinski definition) is 3. The number of hydrogen-bond donors (Lipinski definition) is 2. The van der Waals surface area contributed by atoms with Crippen molar-refractivity contribution in [2.75, 3.05) is 0 Å². The normalized spacial score (nSPS) is 20.1. The smallest absolute Gasteiger partial charge is 0.314 e. The molecule has 2 aromatic carbocycles. The van der Waals surface area contributed by atoms with Crippen molar-refractivity contribution in [2.45, 2.75) is 24.8 Å². The Hall–Kier alpha value is -2.78. The van der Waals surface area contributed by atoms with Crippen LogP contribution < -0.4 is 10.6 Å². The van der Waals surface area contributed by atoms with E-state index < -0.39 is 35.7 Å². The van der Waals surface area contributed by atoms with Crippen molar-refractivity contribution in [3.8, 4) is 0 Å². The van der Waals surface area contributed by atoms with Crippen LogP contribution >= 0.6 is 23.2 Å². The maximum absolute atomic E-state index is 14.0. The molecule has 4 amide bonds. The van der Waals surface area contributed by atoms with Gasteiger partial charge in [0.15, 0.2) is 0 Å². The van der Waals surface area contributed by atoms with Gasteiger partial charge in [-0.1, -0.05) is 53.5 Å². The molecular weight excluding hydrogens is 446 g/mol. The van der Waals surface area contributed by atoms with E-state index >= 15 is 0 Å². The zero-order valence-corrected chi connectivity index (χ0v) is 16.8. The van der Waals surface area contributed by atoms with Crippen molar-refractivity contribution in [3.05, 3.63) is 69.7 Å². The Morgan fingerprint density at radius 2 is 1.77 bits per heavy atom. The van der Waals surface area contributed by atoms with Gasteiger partial charge in [0.2, 0.25) is 0 Å². The van der Waals surface area contributed by atoms with Gasteiger partial charge in [0.25, 0.3) is 17.5 Å². The highest BCUT2D eigenvalue weighted by Gasteiger charge is 2.69. The predicted octanol–water partition coefficient (Wildman–Crippen LogP) is 4.29. The molecule has 2 aromatic rings. The number of nitrogens with one attached hydrogen (secondary N) is 2. The van der Waals surface area contributed by atoms with Crippen LogP contribution in [0.5, 0.6) is 0 Å². The van der Waals surface area contributed by atoms with Crippen LogP contribution in [-0.2, 0) is 4.79 Å². The molecule has 0 aromatic heterocycles. The van der Waals surface area contributed by atoms with Crippen LogP contribution in [0, 0.1) is 0 Å². The van der Waals surface area contributed by atoms with Gasteiger partial charge in [-0.25, -0.2) is 4.79 Å². The fourth-order valence-electron chi connectivity index (χ4n) is 3.04. The van der Waals surface area contributed by atoms with Gasteiger partial charge in [-0.15, -0.1) is 0 Å². The molecule has 2 atom stereocenters. The molecule has 1 heterocycles. The SMILES string of the molecule is C[C@@H](c1ccccc1)N1C(=O)N[C@](NC(=O)c2ccc(Cl)cc2Cl)(C(F)(F)F)C1=O. The molecule has 11 heteroatoms. The van der Waals surface area contributed by atoms with Crippen molar-refractivity contribution in [3.63, 3.8) is 0 Å². The fourth-order valence-corrected chi connectivity index (χ4v) is 3.53. The number of halogens is 5. The molecule has 1 saturated heterocycles. The van der Waals surface area contributed by atoms with E-state index in [0.29, 0.717) is 10.5 Å². The molecule has 0 radical (unpaired) electrons. The molecule has 3 rings (SSSR count). The molecule has 6 nitrogen and oxygen atoms in total. The van der Waals surface area contributed by atoms with Crippen LogP contribution in [-0.4, -0.2) is 34.6 Å². The lowest BCUT2D eigenvalue weighted by Gasteiger charge is -2.30. The second-order valence-corrected chi connectivity index (χ2v) is 7.36. The monoisotopic (exact) mass is 459 g/mol. The average molecular weight is 460 g/mol. The molecule has 0 spiro atoms. The third kappa shape index (κ3) is 3.70. The highest BCUT2D eigenvalue weighted by molar-refractivity contribution is 6.36. The van der Waals surface area contributed by atoms with Crippen molar-refractivity contribution in [1.82, 2.24) is 15.5 Å². The van der Waals surface area contributed by atoms with E-state index in [1.807, 2.05) is 0 Å². The first kappa shape index (κ1) is 21.9. The van der Waals surface area contributed by atoms with E-state index in [2.05, 4.69) is 0 Å². The summed E-state index contributed by atoms with van der Waals surface area (Å²) in [5.41, 5.74) is -3.56. The highest BCUT2D eigenvalue weighted by Crippen LogP contribution is 2.37. The molecule has 0 bridgehead atoms. The summed E-state index contributed by atoms with van der Waals surface area (Å²) < 4.78 is 42.0. The van der Waals surface area contributed by atoms with Crippen molar-refractivity contribution in [1.29, 1.82) is 0 Å². The van der Waals surface area contributed by atoms with Crippen molar-refractivity contribution < 1.29 is 27.6 Å². The van der Waals surface area contributed by atoms with E-state index in [0.717, 1.165) is 12.1 Å². The zero-order valence-electron chi connectivity index (χ0n) is 15.3. The molecule has 158 valence electrons. The molecular formula is C19H14Cl2F3N3O3. The van der Waals surface area contributed by atoms with Gasteiger partial charge in [0, 0.05) is 5.02 Å². The Balaban J connectivity index is 1.99. The summed E-state index contributed by atoms with van der Waals surface area (Å²) in [6, 6.07) is 9.24. The number of amides is 4. The van der Waals surface area contributed by atoms with Gasteiger partial charge < -0.3 is 5.32 Å². The fraction of sp³-hybridized carbons (Fsp3) is 0.211. The summed E-state index contributed by atoms with van der Waals surface area (Å²) in [7, 11) is 0. The number of rotatable bonds is 4. The Labute approximate surface area is 178 Å². The van der Waals surface area contributed by atoms with Gasteiger partial charge in [-0.2, -0.15) is 13.2 Å². The summed E-state index contributed by atoms with van der Waals surface area (Å²) in [6.45, 7) is 1.40. The maximum atomic E-state index is 14.0. The lowest BCUT2D eigenvalue weighted by molar-refractivity contribution is -0.200. The van der Waals surface area contributed by atoms with E-state index in [1.54, 1.807) is 41.0 Å². The molecule has 1 aliphatic heterocycles. The standard InChI is InChI=1S/C19H14Cl2F3N3O3/c1-10(11-5-3-2-4-6-11)27-16(29)18(19(22,23)24,26-17(27)30)25-15(28)13-8-7-12(20)9-14(13)21/h2-10H,1H3,(H,25,28)(H,26,30)/t10-,18-/m0/s1. The van der Waals surface area contributed by atoms with Crippen LogP contribution in [0.15, 0.2) is 48.5 Å². The first-order chi connectivity index (χ1) is 14.0. The van der Waals surface area contributed by atoms with Crippen molar-refractivity contribution >= 4 is 41.0 Å². The summed E-state index contributed by atoms with van der Waals surface area (Å²) >= 11 is 11.6. The van der Waals surface area contributed by atoms with E-state index in [4.69, 9.17) is 23.2 Å². The largest absolute Gasteiger partial charge is 0.440 e. The molecule has 1 fully saturated rings. The predicted molar refractivity (Wildman–Crippen MR) is 103 cm³/mol.